The SMILES string of the molecule is CC(C)NCc1ccc(N(C)Cc2cccc(F)c2)nn1. The zero-order valence-electron chi connectivity index (χ0n) is 12.7. The number of rotatable bonds is 6. The molecule has 0 bridgehead atoms. The lowest BCUT2D eigenvalue weighted by atomic mass is 10.2. The van der Waals surface area contributed by atoms with Crippen molar-refractivity contribution in [1.82, 2.24) is 15.5 Å². The first-order valence-corrected chi connectivity index (χ1v) is 7.06. The summed E-state index contributed by atoms with van der Waals surface area (Å²) in [6.45, 7) is 5.48. The summed E-state index contributed by atoms with van der Waals surface area (Å²) >= 11 is 0. The van der Waals surface area contributed by atoms with Crippen LogP contribution in [0.15, 0.2) is 36.4 Å². The van der Waals surface area contributed by atoms with Gasteiger partial charge in [-0.3, -0.25) is 0 Å². The van der Waals surface area contributed by atoms with Crippen molar-refractivity contribution in [3.63, 3.8) is 0 Å². The van der Waals surface area contributed by atoms with Crippen LogP contribution in [0.25, 0.3) is 0 Å². The number of anilines is 1. The topological polar surface area (TPSA) is 41.0 Å². The molecule has 0 aliphatic carbocycles. The zero-order chi connectivity index (χ0) is 15.2. The Morgan fingerprint density at radius 3 is 2.62 bits per heavy atom. The summed E-state index contributed by atoms with van der Waals surface area (Å²) in [7, 11) is 1.92. The molecule has 0 fully saturated rings. The van der Waals surface area contributed by atoms with Crippen LogP contribution in [0.1, 0.15) is 25.1 Å². The molecule has 0 radical (unpaired) electrons. The van der Waals surface area contributed by atoms with Crippen LogP contribution in [0.5, 0.6) is 0 Å². The van der Waals surface area contributed by atoms with E-state index in [1.54, 1.807) is 6.07 Å². The smallest absolute Gasteiger partial charge is 0.151 e. The van der Waals surface area contributed by atoms with Gasteiger partial charge in [0.05, 0.1) is 5.69 Å². The van der Waals surface area contributed by atoms with Crippen molar-refractivity contribution in [1.29, 1.82) is 0 Å². The van der Waals surface area contributed by atoms with Crippen LogP contribution < -0.4 is 10.2 Å². The first-order valence-electron chi connectivity index (χ1n) is 7.06. The second-order valence-electron chi connectivity index (χ2n) is 5.40. The van der Waals surface area contributed by atoms with E-state index in [1.165, 1.54) is 12.1 Å². The van der Waals surface area contributed by atoms with E-state index >= 15 is 0 Å². The fourth-order valence-electron chi connectivity index (χ4n) is 1.95. The number of benzene rings is 1. The molecule has 112 valence electrons. The van der Waals surface area contributed by atoms with Crippen molar-refractivity contribution in [2.45, 2.75) is 33.0 Å². The molecule has 2 rings (SSSR count). The van der Waals surface area contributed by atoms with Gasteiger partial charge < -0.3 is 10.2 Å². The highest BCUT2D eigenvalue weighted by Crippen LogP contribution is 2.12. The molecular weight excluding hydrogens is 267 g/mol. The Kier molecular flexibility index (Phi) is 5.22. The minimum Gasteiger partial charge on any atom is -0.354 e. The molecule has 0 amide bonds. The lowest BCUT2D eigenvalue weighted by Gasteiger charge is -2.18. The van der Waals surface area contributed by atoms with Crippen LogP contribution in [-0.4, -0.2) is 23.3 Å². The maximum Gasteiger partial charge on any atom is 0.151 e. The van der Waals surface area contributed by atoms with Gasteiger partial charge in [0.1, 0.15) is 5.82 Å². The Morgan fingerprint density at radius 2 is 2.00 bits per heavy atom. The van der Waals surface area contributed by atoms with E-state index in [1.807, 2.05) is 30.1 Å². The Labute approximate surface area is 125 Å². The lowest BCUT2D eigenvalue weighted by molar-refractivity contribution is 0.577. The minimum atomic E-state index is -0.220. The maximum absolute atomic E-state index is 13.2. The normalized spacial score (nSPS) is 10.9. The summed E-state index contributed by atoms with van der Waals surface area (Å²) in [5, 5.41) is 11.7. The van der Waals surface area contributed by atoms with Gasteiger partial charge in [-0.05, 0) is 29.8 Å². The van der Waals surface area contributed by atoms with Gasteiger partial charge in [-0.1, -0.05) is 26.0 Å². The number of hydrogen-bond donors (Lipinski definition) is 1. The molecule has 2 aromatic rings. The Hall–Kier alpha value is -2.01. The molecule has 4 nitrogen and oxygen atoms in total. The highest BCUT2D eigenvalue weighted by molar-refractivity contribution is 5.37. The van der Waals surface area contributed by atoms with Gasteiger partial charge in [-0.15, -0.1) is 5.10 Å². The second kappa shape index (κ2) is 7.13. The average molecular weight is 288 g/mol. The molecule has 1 aromatic carbocycles. The molecule has 1 aromatic heterocycles. The van der Waals surface area contributed by atoms with E-state index in [0.29, 0.717) is 19.1 Å². The standard InChI is InChI=1S/C16H21FN4/c1-12(2)18-10-15-7-8-16(20-19-15)21(3)11-13-5-4-6-14(17)9-13/h4-9,12,18H,10-11H2,1-3H3. The Balaban J connectivity index is 1.97. The van der Waals surface area contributed by atoms with Gasteiger partial charge in [0.15, 0.2) is 5.82 Å². The lowest BCUT2D eigenvalue weighted by Crippen LogP contribution is -2.23. The molecule has 21 heavy (non-hydrogen) atoms. The van der Waals surface area contributed by atoms with E-state index in [-0.39, 0.29) is 5.82 Å². The van der Waals surface area contributed by atoms with Crippen molar-refractivity contribution in [3.8, 4) is 0 Å². The predicted molar refractivity (Wildman–Crippen MR) is 82.5 cm³/mol. The van der Waals surface area contributed by atoms with Gasteiger partial charge >= 0.3 is 0 Å². The summed E-state index contributed by atoms with van der Waals surface area (Å²) in [5.74, 6) is 0.551. The van der Waals surface area contributed by atoms with Crippen LogP contribution >= 0.6 is 0 Å². The van der Waals surface area contributed by atoms with Gasteiger partial charge in [-0.25, -0.2) is 4.39 Å². The van der Waals surface area contributed by atoms with Crippen molar-refractivity contribution in [3.05, 3.63) is 53.5 Å². The van der Waals surface area contributed by atoms with E-state index < -0.39 is 0 Å². The van der Waals surface area contributed by atoms with Crippen LogP contribution in [0.2, 0.25) is 0 Å². The van der Waals surface area contributed by atoms with E-state index in [2.05, 4.69) is 29.4 Å². The molecule has 0 saturated carbocycles. The molecule has 0 saturated heterocycles. The quantitative estimate of drug-likeness (QED) is 0.887. The molecule has 5 heteroatoms. The zero-order valence-corrected chi connectivity index (χ0v) is 12.7. The molecule has 0 aliphatic rings. The molecular formula is C16H21FN4. The van der Waals surface area contributed by atoms with E-state index in [0.717, 1.165) is 17.1 Å². The molecule has 0 aliphatic heterocycles. The van der Waals surface area contributed by atoms with Crippen LogP contribution in [0.3, 0.4) is 0 Å². The number of hydrogen-bond acceptors (Lipinski definition) is 4. The third-order valence-electron chi connectivity index (χ3n) is 3.10. The number of halogens is 1. The molecule has 0 spiro atoms. The van der Waals surface area contributed by atoms with Gasteiger partial charge in [0.25, 0.3) is 0 Å². The number of nitrogens with one attached hydrogen (secondary N) is 1. The maximum atomic E-state index is 13.2. The fraction of sp³-hybridized carbons (Fsp3) is 0.375. The van der Waals surface area contributed by atoms with Crippen molar-refractivity contribution >= 4 is 5.82 Å². The van der Waals surface area contributed by atoms with Crippen LogP contribution in [0, 0.1) is 5.82 Å². The molecule has 0 atom stereocenters. The monoisotopic (exact) mass is 288 g/mol. The van der Waals surface area contributed by atoms with E-state index in [4.69, 9.17) is 0 Å². The first-order chi connectivity index (χ1) is 10.0. The molecule has 1 heterocycles. The first kappa shape index (κ1) is 15.4. The number of aromatic nitrogens is 2. The largest absolute Gasteiger partial charge is 0.354 e. The van der Waals surface area contributed by atoms with Gasteiger partial charge in [0.2, 0.25) is 0 Å². The minimum absolute atomic E-state index is 0.220. The van der Waals surface area contributed by atoms with Gasteiger partial charge in [-0.2, -0.15) is 5.10 Å². The Bertz CT molecular complexity index is 569. The summed E-state index contributed by atoms with van der Waals surface area (Å²) in [5.41, 5.74) is 1.82. The van der Waals surface area contributed by atoms with Gasteiger partial charge in [0, 0.05) is 26.2 Å². The predicted octanol–water partition coefficient (Wildman–Crippen LogP) is 2.75. The highest BCUT2D eigenvalue weighted by Gasteiger charge is 2.06. The summed E-state index contributed by atoms with van der Waals surface area (Å²) in [6, 6.07) is 10.9. The Morgan fingerprint density at radius 1 is 1.19 bits per heavy atom. The second-order valence-corrected chi connectivity index (χ2v) is 5.40. The summed E-state index contributed by atoms with van der Waals surface area (Å²) < 4.78 is 13.2. The molecule has 1 N–H and O–H groups in total. The average Bonchev–Trinajstić information content (AvgIpc) is 2.45. The number of nitrogens with zero attached hydrogens (tertiary/aromatic N) is 3. The summed E-state index contributed by atoms with van der Waals surface area (Å²) in [6.07, 6.45) is 0. The van der Waals surface area contributed by atoms with Crippen molar-refractivity contribution in [2.24, 2.45) is 0 Å². The third kappa shape index (κ3) is 4.79. The van der Waals surface area contributed by atoms with Crippen molar-refractivity contribution < 1.29 is 4.39 Å². The summed E-state index contributed by atoms with van der Waals surface area (Å²) in [4.78, 5) is 1.95. The molecule has 0 unspecified atom stereocenters. The van der Waals surface area contributed by atoms with Crippen molar-refractivity contribution in [2.75, 3.05) is 11.9 Å². The van der Waals surface area contributed by atoms with Crippen LogP contribution in [0.4, 0.5) is 10.2 Å². The highest BCUT2D eigenvalue weighted by atomic mass is 19.1. The fourth-order valence-corrected chi connectivity index (χ4v) is 1.95. The van der Waals surface area contributed by atoms with E-state index in [9.17, 15) is 4.39 Å². The third-order valence-corrected chi connectivity index (χ3v) is 3.10. The van der Waals surface area contributed by atoms with Crippen LogP contribution in [-0.2, 0) is 13.1 Å².